The Morgan fingerprint density at radius 3 is 1.68 bits per heavy atom. The quantitative estimate of drug-likeness (QED) is 0.183. The van der Waals surface area contributed by atoms with Crippen molar-refractivity contribution in [2.45, 2.75) is 5.41 Å². The number of aromatic nitrogens is 4. The Kier molecular flexibility index (Phi) is 6.57. The van der Waals surface area contributed by atoms with Gasteiger partial charge in [-0.05, 0) is 52.6 Å². The highest BCUT2D eigenvalue weighted by atomic mass is 32.1. The lowest BCUT2D eigenvalue weighted by Crippen LogP contribution is -2.32. The lowest BCUT2D eigenvalue weighted by molar-refractivity contribution is 0.436. The Hall–Kier alpha value is -6.76. The van der Waals surface area contributed by atoms with Crippen LogP contribution in [0.4, 0.5) is 0 Å². The molecule has 1 aliphatic heterocycles. The first kappa shape index (κ1) is 29.9. The van der Waals surface area contributed by atoms with Crippen LogP contribution < -0.4 is 4.74 Å². The van der Waals surface area contributed by atoms with E-state index in [0.717, 1.165) is 72.1 Å². The molecule has 2 aliphatic rings. The van der Waals surface area contributed by atoms with Gasteiger partial charge in [0.15, 0.2) is 17.5 Å². The largest absolute Gasteiger partial charge is 0.457 e. The normalized spacial score (nSPS) is 13.2. The minimum absolute atomic E-state index is 0.622. The summed E-state index contributed by atoms with van der Waals surface area (Å²) in [5, 5.41) is 0.986. The van der Waals surface area contributed by atoms with Crippen LogP contribution in [0.25, 0.3) is 66.1 Å². The van der Waals surface area contributed by atoms with Crippen LogP contribution in [0.15, 0.2) is 170 Å². The van der Waals surface area contributed by atoms with Gasteiger partial charge in [-0.15, -0.1) is 11.3 Å². The van der Waals surface area contributed by atoms with Crippen LogP contribution >= 0.6 is 11.3 Å². The topological polar surface area (TPSA) is 60.8 Å². The second kappa shape index (κ2) is 11.6. The Morgan fingerprint density at radius 2 is 1.00 bits per heavy atom. The Morgan fingerprint density at radius 1 is 0.415 bits per heavy atom. The molecule has 9 aromatic rings. The molecule has 1 aliphatic carbocycles. The van der Waals surface area contributed by atoms with E-state index in [9.17, 15) is 0 Å². The molecule has 1 spiro atoms. The average molecular weight is 697 g/mol. The van der Waals surface area contributed by atoms with E-state index in [1.807, 2.05) is 78.9 Å². The molecule has 6 heteroatoms. The number of thiazole rings is 1. The summed E-state index contributed by atoms with van der Waals surface area (Å²) in [6.07, 6.45) is 0. The Balaban J connectivity index is 1.24. The van der Waals surface area contributed by atoms with E-state index in [1.165, 1.54) is 10.3 Å². The van der Waals surface area contributed by atoms with Crippen LogP contribution in [-0.4, -0.2) is 19.9 Å². The zero-order valence-corrected chi connectivity index (χ0v) is 29.1. The molecule has 3 heterocycles. The molecule has 53 heavy (non-hydrogen) atoms. The number of fused-ring (bicyclic) bond motifs is 10. The van der Waals surface area contributed by atoms with E-state index in [0.29, 0.717) is 17.5 Å². The summed E-state index contributed by atoms with van der Waals surface area (Å²) < 4.78 is 7.79. The van der Waals surface area contributed by atoms with E-state index < -0.39 is 5.41 Å². The van der Waals surface area contributed by atoms with Crippen molar-refractivity contribution in [3.05, 3.63) is 192 Å². The predicted molar refractivity (Wildman–Crippen MR) is 212 cm³/mol. The lowest BCUT2D eigenvalue weighted by atomic mass is 9.66. The number of nitrogens with zero attached hydrogens (tertiary/aromatic N) is 4. The van der Waals surface area contributed by atoms with Crippen molar-refractivity contribution in [3.8, 4) is 67.4 Å². The van der Waals surface area contributed by atoms with Crippen LogP contribution in [0.5, 0.6) is 11.5 Å². The standard InChI is InChI=1S/C47H28N4OS/c1-3-14-29(15-4-1)43-49-44(30-16-5-2-6-17-30)51-45(50-43)32-18-13-21-37-42(32)33-28-31(46-48-38-22-9-12-25-41(38)53-46)26-27-34(33)47(37)35-19-7-10-23-39(35)52-40-24-11-8-20-36(40)47/h1-28H. The summed E-state index contributed by atoms with van der Waals surface area (Å²) in [4.78, 5) is 20.5. The molecular formula is C47H28N4OS. The van der Waals surface area contributed by atoms with E-state index in [1.54, 1.807) is 11.3 Å². The molecule has 0 atom stereocenters. The molecule has 0 saturated carbocycles. The number of benzene rings is 7. The third-order valence-corrected chi connectivity index (χ3v) is 11.5. The molecule has 2 aromatic heterocycles. The van der Waals surface area contributed by atoms with E-state index in [-0.39, 0.29) is 0 Å². The second-order valence-electron chi connectivity index (χ2n) is 13.4. The van der Waals surface area contributed by atoms with Crippen LogP contribution in [-0.2, 0) is 5.41 Å². The van der Waals surface area contributed by atoms with Crippen molar-refractivity contribution in [1.29, 1.82) is 0 Å². The van der Waals surface area contributed by atoms with Gasteiger partial charge in [-0.1, -0.05) is 140 Å². The molecule has 0 bridgehead atoms. The minimum Gasteiger partial charge on any atom is -0.457 e. The van der Waals surface area contributed by atoms with E-state index in [2.05, 4.69) is 91.0 Å². The third-order valence-electron chi connectivity index (χ3n) is 10.4. The molecular weight excluding hydrogens is 669 g/mol. The third kappa shape index (κ3) is 4.49. The van der Waals surface area contributed by atoms with Gasteiger partial charge in [-0.3, -0.25) is 0 Å². The lowest BCUT2D eigenvalue weighted by Gasteiger charge is -2.39. The maximum Gasteiger partial charge on any atom is 0.164 e. The Bertz CT molecular complexity index is 2750. The summed E-state index contributed by atoms with van der Waals surface area (Å²) in [5.74, 6) is 3.58. The fourth-order valence-electron chi connectivity index (χ4n) is 8.20. The molecule has 248 valence electrons. The SMILES string of the molecule is c1ccc(-c2nc(-c3ccccc3)nc(-c3cccc4c3-c3cc(-c5nc6ccccc6s5)ccc3C43c4ccccc4Oc4ccccc43)n2)cc1. The van der Waals surface area contributed by atoms with Crippen LogP contribution in [0.1, 0.15) is 22.3 Å². The number of rotatable bonds is 4. The summed E-state index contributed by atoms with van der Waals surface area (Å²) in [6, 6.07) is 58.9. The van der Waals surface area contributed by atoms with Gasteiger partial charge in [0.2, 0.25) is 0 Å². The molecule has 11 rings (SSSR count). The fraction of sp³-hybridized carbons (Fsp3) is 0.0213. The molecule has 0 unspecified atom stereocenters. The average Bonchev–Trinajstić information content (AvgIpc) is 3.79. The second-order valence-corrected chi connectivity index (χ2v) is 14.4. The first-order valence-corrected chi connectivity index (χ1v) is 18.5. The summed E-state index contributed by atoms with van der Waals surface area (Å²) in [6.45, 7) is 0. The number of hydrogen-bond acceptors (Lipinski definition) is 6. The van der Waals surface area contributed by atoms with Crippen LogP contribution in [0, 0.1) is 0 Å². The molecule has 0 saturated heterocycles. The summed E-state index contributed by atoms with van der Waals surface area (Å²) in [7, 11) is 0. The van der Waals surface area contributed by atoms with E-state index >= 15 is 0 Å². The molecule has 5 nitrogen and oxygen atoms in total. The molecule has 0 radical (unpaired) electrons. The first-order valence-electron chi connectivity index (χ1n) is 17.6. The Labute approximate surface area is 309 Å². The van der Waals surface area contributed by atoms with Gasteiger partial charge < -0.3 is 4.74 Å². The molecule has 0 fully saturated rings. The van der Waals surface area contributed by atoms with Gasteiger partial charge in [-0.25, -0.2) is 19.9 Å². The highest BCUT2D eigenvalue weighted by Crippen LogP contribution is 2.63. The molecule has 0 amide bonds. The highest BCUT2D eigenvalue weighted by molar-refractivity contribution is 7.21. The van der Waals surface area contributed by atoms with Crippen molar-refractivity contribution in [2.24, 2.45) is 0 Å². The van der Waals surface area contributed by atoms with Crippen molar-refractivity contribution in [1.82, 2.24) is 19.9 Å². The van der Waals surface area contributed by atoms with Gasteiger partial charge in [-0.2, -0.15) is 0 Å². The zero-order valence-electron chi connectivity index (χ0n) is 28.3. The maximum absolute atomic E-state index is 6.62. The van der Waals surface area contributed by atoms with Crippen molar-refractivity contribution in [2.75, 3.05) is 0 Å². The summed E-state index contributed by atoms with van der Waals surface area (Å²) in [5.41, 5.74) is 11.0. The van der Waals surface area contributed by atoms with Crippen molar-refractivity contribution in [3.63, 3.8) is 0 Å². The van der Waals surface area contributed by atoms with Crippen molar-refractivity contribution >= 4 is 21.6 Å². The maximum atomic E-state index is 6.62. The predicted octanol–water partition coefficient (Wildman–Crippen LogP) is 11.6. The van der Waals surface area contributed by atoms with Gasteiger partial charge >= 0.3 is 0 Å². The molecule has 0 N–H and O–H groups in total. The van der Waals surface area contributed by atoms with Crippen molar-refractivity contribution < 1.29 is 4.74 Å². The van der Waals surface area contributed by atoms with E-state index in [4.69, 9.17) is 24.7 Å². The molecule has 7 aromatic carbocycles. The minimum atomic E-state index is -0.643. The van der Waals surface area contributed by atoms with Gasteiger partial charge in [0.1, 0.15) is 16.5 Å². The summed E-state index contributed by atoms with van der Waals surface area (Å²) >= 11 is 1.72. The number of hydrogen-bond donors (Lipinski definition) is 0. The van der Waals surface area contributed by atoms with Crippen LogP contribution in [0.2, 0.25) is 0 Å². The first-order chi connectivity index (χ1) is 26.3. The van der Waals surface area contributed by atoms with Gasteiger partial charge in [0.05, 0.1) is 15.6 Å². The zero-order chi connectivity index (χ0) is 34.9. The number of ether oxygens (including phenoxy) is 1. The monoisotopic (exact) mass is 696 g/mol. The van der Waals surface area contributed by atoms with Gasteiger partial charge in [0.25, 0.3) is 0 Å². The van der Waals surface area contributed by atoms with Gasteiger partial charge in [0, 0.05) is 33.4 Å². The fourth-order valence-corrected chi connectivity index (χ4v) is 9.16. The highest BCUT2D eigenvalue weighted by Gasteiger charge is 2.52. The van der Waals surface area contributed by atoms with Crippen LogP contribution in [0.3, 0.4) is 0 Å². The number of para-hydroxylation sites is 3. The smallest absolute Gasteiger partial charge is 0.164 e.